The van der Waals surface area contributed by atoms with E-state index in [1.54, 1.807) is 12.1 Å². The van der Waals surface area contributed by atoms with Crippen LogP contribution in [0.3, 0.4) is 0 Å². The first-order valence-corrected chi connectivity index (χ1v) is 10.9. The average Bonchev–Trinajstić information content (AvgIpc) is 2.67. The molecule has 185 valence electrons. The van der Waals surface area contributed by atoms with Gasteiger partial charge < -0.3 is 20.4 Å². The zero-order valence-electron chi connectivity index (χ0n) is 20.6. The normalized spacial score (nSPS) is 10.8. The number of carbonyl (C=O) groups excluding carboxylic acids is 2. The van der Waals surface area contributed by atoms with E-state index in [2.05, 4.69) is 0 Å². The van der Waals surface area contributed by atoms with Gasteiger partial charge in [0.25, 0.3) is 0 Å². The summed E-state index contributed by atoms with van der Waals surface area (Å²) >= 11 is 0. The Labute approximate surface area is 207 Å². The van der Waals surface area contributed by atoms with Crippen molar-refractivity contribution >= 4 is 11.9 Å². The quantitative estimate of drug-likeness (QED) is 0.420. The zero-order chi connectivity index (χ0) is 24.9. The molecule has 0 aliphatic heterocycles. The molecular formula is C26H38CuO6+4. The van der Waals surface area contributed by atoms with Crippen molar-refractivity contribution in [2.75, 3.05) is 0 Å². The molecule has 0 fully saturated rings. The van der Waals surface area contributed by atoms with Crippen molar-refractivity contribution in [3.63, 3.8) is 0 Å². The van der Waals surface area contributed by atoms with Crippen molar-refractivity contribution in [2.24, 2.45) is 0 Å². The number of benzene rings is 2. The topological polar surface area (TPSA) is 120 Å². The van der Waals surface area contributed by atoms with E-state index in [4.69, 9.17) is 10.2 Å². The van der Waals surface area contributed by atoms with Crippen LogP contribution in [0.5, 0.6) is 11.5 Å². The first-order valence-electron chi connectivity index (χ1n) is 10.9. The van der Waals surface area contributed by atoms with Crippen LogP contribution in [0.4, 0.5) is 0 Å². The van der Waals surface area contributed by atoms with Crippen LogP contribution in [0.2, 0.25) is 0 Å². The molecule has 0 aromatic heterocycles. The molecule has 0 atom stereocenters. The molecule has 0 aliphatic carbocycles. The summed E-state index contributed by atoms with van der Waals surface area (Å²) in [5.74, 6) is -0.927. The van der Waals surface area contributed by atoms with Gasteiger partial charge in [0.05, 0.1) is 0 Å². The fourth-order valence-corrected chi connectivity index (χ4v) is 3.25. The first kappa shape index (κ1) is 30.5. The third-order valence-electron chi connectivity index (χ3n) is 5.39. The van der Waals surface area contributed by atoms with Crippen LogP contribution in [0.25, 0.3) is 0 Å². The van der Waals surface area contributed by atoms with Gasteiger partial charge in [0.2, 0.25) is 0 Å². The van der Waals surface area contributed by atoms with Gasteiger partial charge in [-0.25, -0.2) is 0 Å². The number of hydrogen-bond acceptors (Lipinski definition) is 4. The maximum Gasteiger partial charge on any atom is 2.00 e. The maximum atomic E-state index is 11.1. The smallest absolute Gasteiger partial charge is 0.561 e. The van der Waals surface area contributed by atoms with Crippen molar-refractivity contribution < 1.29 is 47.1 Å². The second kappa shape index (κ2) is 12.7. The van der Waals surface area contributed by atoms with E-state index in [9.17, 15) is 19.8 Å². The first-order chi connectivity index (χ1) is 14.7. The second-order valence-corrected chi connectivity index (χ2v) is 9.29. The Kier molecular flexibility index (Phi) is 11.7. The van der Waals surface area contributed by atoms with E-state index in [0.29, 0.717) is 0 Å². The predicted molar refractivity (Wildman–Crippen MR) is 128 cm³/mol. The van der Waals surface area contributed by atoms with Gasteiger partial charge in [-0.1, -0.05) is 67.5 Å². The molecule has 0 spiro atoms. The van der Waals surface area contributed by atoms with Crippen LogP contribution in [0, 0.1) is 0 Å². The maximum absolute atomic E-state index is 11.1. The molecule has 0 amide bonds. The van der Waals surface area contributed by atoms with Crippen LogP contribution in [0.15, 0.2) is 24.3 Å². The Bertz CT molecular complexity index is 898. The van der Waals surface area contributed by atoms with Gasteiger partial charge in [-0.15, -0.1) is 0 Å². The van der Waals surface area contributed by atoms with Crippen molar-refractivity contribution in [3.05, 3.63) is 57.6 Å². The van der Waals surface area contributed by atoms with Crippen LogP contribution < -0.4 is 0 Å². The third kappa shape index (κ3) is 7.79. The number of hydrogen-bond donors (Lipinski definition) is 2. The molecule has 0 heterocycles. The fraction of sp³-hybridized carbons (Fsp3) is 0.462. The summed E-state index contributed by atoms with van der Waals surface area (Å²) in [6.07, 6.45) is 0. The Balaban J connectivity index is 0.000000602. The Morgan fingerprint density at radius 1 is 0.606 bits per heavy atom. The van der Waals surface area contributed by atoms with E-state index >= 15 is 0 Å². The molecule has 1 radical (unpaired) electrons. The van der Waals surface area contributed by atoms with E-state index < -0.39 is 11.9 Å². The summed E-state index contributed by atoms with van der Waals surface area (Å²) in [7, 11) is 0. The molecule has 2 aromatic carbocycles. The van der Waals surface area contributed by atoms with Crippen LogP contribution in [-0.4, -0.2) is 32.4 Å². The van der Waals surface area contributed by atoms with Crippen molar-refractivity contribution in [1.82, 2.24) is 0 Å². The molecule has 33 heavy (non-hydrogen) atoms. The molecule has 6 nitrogen and oxygen atoms in total. The molecule has 0 bridgehead atoms. The van der Waals surface area contributed by atoms with Crippen molar-refractivity contribution in [3.8, 4) is 11.5 Å². The average molecular weight is 510 g/mol. The molecule has 0 unspecified atom stereocenters. The Hall–Kier alpha value is -2.50. The van der Waals surface area contributed by atoms with Gasteiger partial charge in [-0.3, -0.25) is 0 Å². The summed E-state index contributed by atoms with van der Waals surface area (Å²) in [6.45, 7) is 15.9. The minimum atomic E-state index is -0.832. The van der Waals surface area contributed by atoms with Crippen LogP contribution in [-0.2, 0) is 17.1 Å². The van der Waals surface area contributed by atoms with Crippen LogP contribution >= 0.6 is 0 Å². The number of carbonyl (C=O) groups is 2. The Morgan fingerprint density at radius 2 is 0.879 bits per heavy atom. The van der Waals surface area contributed by atoms with Gasteiger partial charge in [0.15, 0.2) is 11.1 Å². The van der Waals surface area contributed by atoms with Gasteiger partial charge in [-0.2, -0.15) is 0 Å². The van der Waals surface area contributed by atoms with Crippen molar-refractivity contribution in [2.45, 2.75) is 79.1 Å². The van der Waals surface area contributed by atoms with E-state index in [-0.39, 0.29) is 63.4 Å². The van der Waals surface area contributed by atoms with Gasteiger partial charge in [-0.05, 0) is 58.1 Å². The van der Waals surface area contributed by atoms with Crippen LogP contribution in [0.1, 0.15) is 122 Å². The fourth-order valence-electron chi connectivity index (χ4n) is 3.25. The SMILES string of the molecule is CC(C)c1cc(C(=O)[OH2+])c(O)c(C(C)C)c1.CC(C)c1cc(C(=O)[OH2+])c(O)c(C(C)C)c1.[Cu+2]. The summed E-state index contributed by atoms with van der Waals surface area (Å²) in [4.78, 5) is 22.2. The minimum Gasteiger partial charge on any atom is -0.561 e. The standard InChI is InChI=1S/2C13H18O3.Cu/c2*1-7(2)9-5-10(8(3)4)12(14)11(6-9)13(15)16;/h2*5-8,14H,1-4H3,(H,15,16);/q;;+2/p+2. The third-order valence-corrected chi connectivity index (χ3v) is 5.39. The largest absolute Gasteiger partial charge is 2.00 e. The molecule has 0 saturated carbocycles. The molecule has 2 aromatic rings. The Morgan fingerprint density at radius 3 is 1.06 bits per heavy atom. The summed E-state index contributed by atoms with van der Waals surface area (Å²) < 4.78 is 0. The summed E-state index contributed by atoms with van der Waals surface area (Å²) in [5.41, 5.74) is 3.66. The van der Waals surface area contributed by atoms with E-state index in [1.165, 1.54) is 0 Å². The molecule has 0 aliphatic rings. The van der Waals surface area contributed by atoms with E-state index in [0.717, 1.165) is 22.3 Å². The number of aromatic hydroxyl groups is 2. The molecule has 6 N–H and O–H groups in total. The molecule has 7 heteroatoms. The minimum absolute atomic E-state index is 0. The number of phenolic OH excluding ortho intramolecular Hbond substituents is 2. The second-order valence-electron chi connectivity index (χ2n) is 9.29. The monoisotopic (exact) mass is 509 g/mol. The molecular weight excluding hydrogens is 472 g/mol. The van der Waals surface area contributed by atoms with Gasteiger partial charge >= 0.3 is 29.0 Å². The predicted octanol–water partition coefficient (Wildman–Crippen LogP) is 5.01. The van der Waals surface area contributed by atoms with Gasteiger partial charge in [0.1, 0.15) is 11.5 Å². The molecule has 0 saturated heterocycles. The van der Waals surface area contributed by atoms with Crippen molar-refractivity contribution in [1.29, 1.82) is 0 Å². The van der Waals surface area contributed by atoms with Gasteiger partial charge in [0, 0.05) is 9.59 Å². The molecule has 2 rings (SSSR count). The number of phenols is 2. The summed E-state index contributed by atoms with van der Waals surface area (Å²) in [6, 6.07) is 7.05. The zero-order valence-corrected chi connectivity index (χ0v) is 21.6. The van der Waals surface area contributed by atoms with E-state index in [1.807, 2.05) is 67.5 Å². The number of rotatable bonds is 6. The summed E-state index contributed by atoms with van der Waals surface area (Å²) in [5, 5.41) is 34.1.